The molecule has 0 radical (unpaired) electrons. The first kappa shape index (κ1) is 25.1. The lowest BCUT2D eigenvalue weighted by Crippen LogP contribution is -2.39. The van der Waals surface area contributed by atoms with Crippen molar-refractivity contribution in [3.8, 4) is 0 Å². The van der Waals surface area contributed by atoms with Crippen molar-refractivity contribution < 1.29 is 9.84 Å². The number of guanidine groups is 1. The van der Waals surface area contributed by atoms with Crippen LogP contribution in [0.3, 0.4) is 0 Å². The summed E-state index contributed by atoms with van der Waals surface area (Å²) in [4.78, 5) is 4.50. The standard InChI is InChI=1S/C20H35N3O2.HI/c1-6-21-20(22-13-12-19(15(3)4)25-7-2)23-14-18(24)17-10-8-16(5)9-11-17;/h8-11,15,18-19,24H,6-7,12-14H2,1-5H3,(H2,21,22,23);1H. The lowest BCUT2D eigenvalue weighted by Gasteiger charge is -2.21. The molecule has 0 saturated carbocycles. The minimum absolute atomic E-state index is 0. The van der Waals surface area contributed by atoms with Crippen LogP contribution in [-0.4, -0.2) is 43.4 Å². The van der Waals surface area contributed by atoms with E-state index in [2.05, 4.69) is 29.5 Å². The highest BCUT2D eigenvalue weighted by atomic mass is 127. The third-order valence-corrected chi connectivity index (χ3v) is 4.07. The molecule has 0 heterocycles. The molecule has 1 aromatic carbocycles. The maximum atomic E-state index is 10.3. The van der Waals surface area contributed by atoms with Gasteiger partial charge in [-0.3, -0.25) is 4.99 Å². The second-order valence-electron chi connectivity index (χ2n) is 6.60. The van der Waals surface area contributed by atoms with Crippen molar-refractivity contribution in [2.75, 3.05) is 26.2 Å². The molecule has 0 bridgehead atoms. The molecule has 0 amide bonds. The summed E-state index contributed by atoms with van der Waals surface area (Å²) in [5.74, 6) is 1.22. The summed E-state index contributed by atoms with van der Waals surface area (Å²) in [5.41, 5.74) is 2.07. The molecule has 150 valence electrons. The average Bonchev–Trinajstić information content (AvgIpc) is 2.59. The topological polar surface area (TPSA) is 65.9 Å². The van der Waals surface area contributed by atoms with Gasteiger partial charge in [-0.25, -0.2) is 0 Å². The Labute approximate surface area is 176 Å². The quantitative estimate of drug-likeness (QED) is 0.274. The van der Waals surface area contributed by atoms with Crippen molar-refractivity contribution in [1.29, 1.82) is 0 Å². The second-order valence-corrected chi connectivity index (χ2v) is 6.60. The Morgan fingerprint density at radius 3 is 2.35 bits per heavy atom. The van der Waals surface area contributed by atoms with Gasteiger partial charge < -0.3 is 20.5 Å². The van der Waals surface area contributed by atoms with Gasteiger partial charge in [0.05, 0.1) is 18.8 Å². The van der Waals surface area contributed by atoms with E-state index in [0.29, 0.717) is 12.5 Å². The van der Waals surface area contributed by atoms with Crippen molar-refractivity contribution in [2.45, 2.75) is 53.2 Å². The van der Waals surface area contributed by atoms with Crippen LogP contribution in [0.4, 0.5) is 0 Å². The third kappa shape index (κ3) is 9.73. The van der Waals surface area contributed by atoms with E-state index in [-0.39, 0.29) is 30.1 Å². The lowest BCUT2D eigenvalue weighted by atomic mass is 10.0. The first-order valence-electron chi connectivity index (χ1n) is 9.36. The summed E-state index contributed by atoms with van der Waals surface area (Å²) in [6, 6.07) is 7.91. The number of nitrogens with one attached hydrogen (secondary N) is 2. The van der Waals surface area contributed by atoms with Gasteiger partial charge in [-0.2, -0.15) is 0 Å². The highest BCUT2D eigenvalue weighted by Crippen LogP contribution is 2.14. The number of aliphatic imine (C=N–C) groups is 1. The Hall–Kier alpha value is -0.860. The smallest absolute Gasteiger partial charge is 0.191 e. The van der Waals surface area contributed by atoms with E-state index >= 15 is 0 Å². The van der Waals surface area contributed by atoms with Gasteiger partial charge in [0.15, 0.2) is 5.96 Å². The van der Waals surface area contributed by atoms with E-state index in [1.165, 1.54) is 5.56 Å². The number of rotatable bonds is 10. The van der Waals surface area contributed by atoms with Gasteiger partial charge in [0, 0.05) is 19.7 Å². The van der Waals surface area contributed by atoms with Crippen molar-refractivity contribution in [1.82, 2.24) is 10.6 Å². The summed E-state index contributed by atoms with van der Waals surface area (Å²) in [7, 11) is 0. The molecule has 0 saturated heterocycles. The number of ether oxygens (including phenoxy) is 1. The number of aliphatic hydroxyl groups is 1. The van der Waals surface area contributed by atoms with Gasteiger partial charge in [-0.05, 0) is 38.7 Å². The van der Waals surface area contributed by atoms with Gasteiger partial charge in [0.25, 0.3) is 0 Å². The molecule has 6 heteroatoms. The van der Waals surface area contributed by atoms with Crippen LogP contribution < -0.4 is 10.6 Å². The molecule has 2 unspecified atom stereocenters. The molecule has 0 aliphatic rings. The second kappa shape index (κ2) is 14.2. The molecule has 1 aromatic rings. The Kier molecular flexibility index (Phi) is 13.8. The normalized spacial score (nSPS) is 13.9. The van der Waals surface area contributed by atoms with Gasteiger partial charge in [-0.15, -0.1) is 24.0 Å². The number of aryl methyl sites for hydroxylation is 1. The summed E-state index contributed by atoms with van der Waals surface area (Å²) in [6.07, 6.45) is 0.581. The van der Waals surface area contributed by atoms with Crippen LogP contribution in [0.15, 0.2) is 29.3 Å². The first-order chi connectivity index (χ1) is 12.0. The maximum absolute atomic E-state index is 10.3. The third-order valence-electron chi connectivity index (χ3n) is 4.07. The van der Waals surface area contributed by atoms with Gasteiger partial charge in [0.2, 0.25) is 0 Å². The molecule has 0 aromatic heterocycles. The predicted molar refractivity (Wildman–Crippen MR) is 120 cm³/mol. The molecule has 0 spiro atoms. The number of benzene rings is 1. The Morgan fingerprint density at radius 1 is 1.15 bits per heavy atom. The zero-order valence-electron chi connectivity index (χ0n) is 16.8. The van der Waals surface area contributed by atoms with E-state index in [1.54, 1.807) is 0 Å². The van der Waals surface area contributed by atoms with Crippen LogP contribution in [0.5, 0.6) is 0 Å². The molecular formula is C20H36IN3O2. The highest BCUT2D eigenvalue weighted by Gasteiger charge is 2.13. The maximum Gasteiger partial charge on any atom is 0.191 e. The molecule has 2 atom stereocenters. The summed E-state index contributed by atoms with van der Waals surface area (Å²) in [6.45, 7) is 13.1. The van der Waals surface area contributed by atoms with E-state index in [4.69, 9.17) is 4.74 Å². The summed E-state index contributed by atoms with van der Waals surface area (Å²) >= 11 is 0. The minimum Gasteiger partial charge on any atom is -0.386 e. The van der Waals surface area contributed by atoms with Gasteiger partial charge >= 0.3 is 0 Å². The Bertz CT molecular complexity index is 506. The SMILES string of the molecule is CCNC(=NCC(O)c1ccc(C)cc1)NCCC(OCC)C(C)C.I. The molecule has 0 aliphatic carbocycles. The van der Waals surface area contributed by atoms with Crippen LogP contribution in [0.2, 0.25) is 0 Å². The van der Waals surface area contributed by atoms with E-state index < -0.39 is 6.10 Å². The molecule has 0 aliphatic heterocycles. The average molecular weight is 477 g/mol. The summed E-state index contributed by atoms with van der Waals surface area (Å²) < 4.78 is 5.77. The zero-order chi connectivity index (χ0) is 18.7. The van der Waals surface area contributed by atoms with Crippen LogP contribution in [-0.2, 0) is 4.74 Å². The van der Waals surface area contributed by atoms with Crippen LogP contribution >= 0.6 is 24.0 Å². The lowest BCUT2D eigenvalue weighted by molar-refractivity contribution is 0.0258. The monoisotopic (exact) mass is 477 g/mol. The number of hydrogen-bond donors (Lipinski definition) is 3. The number of nitrogens with zero attached hydrogens (tertiary/aromatic N) is 1. The first-order valence-corrected chi connectivity index (χ1v) is 9.36. The fourth-order valence-electron chi connectivity index (χ4n) is 2.57. The zero-order valence-corrected chi connectivity index (χ0v) is 19.1. The number of aliphatic hydroxyl groups excluding tert-OH is 1. The van der Waals surface area contributed by atoms with Gasteiger partial charge in [-0.1, -0.05) is 43.7 Å². The van der Waals surface area contributed by atoms with Crippen molar-refractivity contribution in [3.63, 3.8) is 0 Å². The molecule has 5 nitrogen and oxygen atoms in total. The Balaban J connectivity index is 0.00000625. The predicted octanol–water partition coefficient (Wildman–Crippen LogP) is 3.65. The Morgan fingerprint density at radius 2 is 1.81 bits per heavy atom. The summed E-state index contributed by atoms with van der Waals surface area (Å²) in [5, 5.41) is 16.9. The van der Waals surface area contributed by atoms with E-state index in [9.17, 15) is 5.11 Å². The fourth-order valence-corrected chi connectivity index (χ4v) is 2.57. The van der Waals surface area contributed by atoms with Crippen molar-refractivity contribution in [3.05, 3.63) is 35.4 Å². The minimum atomic E-state index is -0.595. The molecule has 1 rings (SSSR count). The van der Waals surface area contributed by atoms with Crippen LogP contribution in [0.25, 0.3) is 0 Å². The van der Waals surface area contributed by atoms with Crippen LogP contribution in [0, 0.1) is 12.8 Å². The largest absolute Gasteiger partial charge is 0.386 e. The molecule has 26 heavy (non-hydrogen) atoms. The molecule has 0 fully saturated rings. The number of hydrogen-bond acceptors (Lipinski definition) is 3. The molecular weight excluding hydrogens is 441 g/mol. The van der Waals surface area contributed by atoms with Crippen molar-refractivity contribution >= 4 is 29.9 Å². The fraction of sp³-hybridized carbons (Fsp3) is 0.650. The highest BCUT2D eigenvalue weighted by molar-refractivity contribution is 14.0. The van der Waals surface area contributed by atoms with E-state index in [0.717, 1.165) is 37.6 Å². The van der Waals surface area contributed by atoms with Crippen LogP contribution in [0.1, 0.15) is 51.3 Å². The van der Waals surface area contributed by atoms with E-state index in [1.807, 2.05) is 45.0 Å². The number of halogens is 1. The molecule has 3 N–H and O–H groups in total. The van der Waals surface area contributed by atoms with Gasteiger partial charge in [0.1, 0.15) is 0 Å². The van der Waals surface area contributed by atoms with Crippen molar-refractivity contribution in [2.24, 2.45) is 10.9 Å².